The van der Waals surface area contributed by atoms with E-state index in [4.69, 9.17) is 29.2 Å². The lowest BCUT2D eigenvalue weighted by Gasteiger charge is -2.14. The standard InChI is InChI=1S/C45H51F3O8/c1-32(30-49)43(51)55-27-25-53-41-20-16-36(17-21-41)35-11-8-34(9-12-35)10-13-37-14-15-40(29-39(37)7-5-3-4-6-24-45(46,47)48)38-18-22-42(23-19-38)54-26-28-56-44(52)33(2)31-50/h8-9,11-12,14-23,29,32,49-50H,2-7,10,13,24-28,30-31H2,1H3. The van der Waals surface area contributed by atoms with Gasteiger partial charge < -0.3 is 29.2 Å². The van der Waals surface area contributed by atoms with Crippen LogP contribution in [0, 0.1) is 5.92 Å². The minimum Gasteiger partial charge on any atom is -0.490 e. The molecule has 8 nitrogen and oxygen atoms in total. The van der Waals surface area contributed by atoms with Crippen molar-refractivity contribution in [1.82, 2.24) is 0 Å². The molecule has 0 amide bonds. The molecule has 2 N–H and O–H groups in total. The van der Waals surface area contributed by atoms with Gasteiger partial charge in [0.25, 0.3) is 0 Å². The zero-order chi connectivity index (χ0) is 40.3. The third-order valence-corrected chi connectivity index (χ3v) is 9.21. The van der Waals surface area contributed by atoms with E-state index in [0.29, 0.717) is 17.9 Å². The van der Waals surface area contributed by atoms with Gasteiger partial charge in [-0.25, -0.2) is 4.79 Å². The Bertz CT molecular complexity index is 1820. The van der Waals surface area contributed by atoms with Crippen LogP contribution >= 0.6 is 0 Å². The fraction of sp³-hybridized carbons (Fsp3) is 0.378. The van der Waals surface area contributed by atoms with Crippen molar-refractivity contribution in [2.75, 3.05) is 39.6 Å². The van der Waals surface area contributed by atoms with Crippen LogP contribution in [-0.2, 0) is 38.3 Å². The molecule has 0 aromatic heterocycles. The number of ether oxygens (including phenoxy) is 4. The fourth-order valence-corrected chi connectivity index (χ4v) is 5.89. The summed E-state index contributed by atoms with van der Waals surface area (Å²) in [6, 6.07) is 30.1. The van der Waals surface area contributed by atoms with Crippen molar-refractivity contribution in [3.8, 4) is 33.8 Å². The van der Waals surface area contributed by atoms with Crippen LogP contribution in [0.15, 0.2) is 103 Å². The SMILES string of the molecule is C=C(CO)C(=O)OCCOc1ccc(-c2ccc(CCc3ccc(-c4ccc(OCCOC(=O)C(C)CO)cc4)cc3)c(CCCCCCC(F)(F)F)c2)cc1. The maximum atomic E-state index is 12.6. The first kappa shape index (κ1) is 43.6. The zero-order valence-corrected chi connectivity index (χ0v) is 31.8. The number of carbonyl (C=O) groups excluding carboxylic acids is 2. The summed E-state index contributed by atoms with van der Waals surface area (Å²) < 4.78 is 59.4. The minimum absolute atomic E-state index is 0.0194. The summed E-state index contributed by atoms with van der Waals surface area (Å²) in [7, 11) is 0. The number of benzene rings is 4. The maximum absolute atomic E-state index is 12.6. The molecular formula is C45H51F3O8. The number of aliphatic hydroxyl groups is 2. The molecule has 1 unspecified atom stereocenters. The lowest BCUT2D eigenvalue weighted by molar-refractivity contribution is -0.150. The number of alkyl halides is 3. The molecule has 56 heavy (non-hydrogen) atoms. The number of halogens is 3. The van der Waals surface area contributed by atoms with E-state index in [2.05, 4.69) is 49.0 Å². The summed E-state index contributed by atoms with van der Waals surface area (Å²) in [5.74, 6) is -0.417. The van der Waals surface area contributed by atoms with Crippen molar-refractivity contribution < 1.29 is 51.9 Å². The number of rotatable bonds is 23. The highest BCUT2D eigenvalue weighted by Gasteiger charge is 2.25. The third-order valence-electron chi connectivity index (χ3n) is 9.21. The van der Waals surface area contributed by atoms with Gasteiger partial charge >= 0.3 is 18.1 Å². The van der Waals surface area contributed by atoms with Gasteiger partial charge in [-0.15, -0.1) is 0 Å². The first-order valence-electron chi connectivity index (χ1n) is 18.9. The summed E-state index contributed by atoms with van der Waals surface area (Å²) in [5.41, 5.74) is 7.67. The van der Waals surface area contributed by atoms with Crippen molar-refractivity contribution in [2.45, 2.75) is 64.5 Å². The summed E-state index contributed by atoms with van der Waals surface area (Å²) in [6.45, 7) is 4.78. The summed E-state index contributed by atoms with van der Waals surface area (Å²) in [6.07, 6.45) is -0.261. The van der Waals surface area contributed by atoms with E-state index in [1.807, 2.05) is 48.5 Å². The third kappa shape index (κ3) is 14.8. The Labute approximate surface area is 326 Å². The van der Waals surface area contributed by atoms with Crippen LogP contribution in [0.4, 0.5) is 13.2 Å². The number of carbonyl (C=O) groups is 2. The Hall–Kier alpha value is -5.13. The average molecular weight is 777 g/mol. The summed E-state index contributed by atoms with van der Waals surface area (Å²) in [4.78, 5) is 23.3. The van der Waals surface area contributed by atoms with E-state index in [1.165, 1.54) is 16.7 Å². The van der Waals surface area contributed by atoms with Gasteiger partial charge in [-0.1, -0.05) is 86.2 Å². The fourth-order valence-electron chi connectivity index (χ4n) is 5.89. The average Bonchev–Trinajstić information content (AvgIpc) is 3.21. The molecule has 4 aromatic rings. The van der Waals surface area contributed by atoms with Crippen molar-refractivity contribution in [1.29, 1.82) is 0 Å². The number of unbranched alkanes of at least 4 members (excludes halogenated alkanes) is 3. The normalized spacial score (nSPS) is 11.8. The topological polar surface area (TPSA) is 112 Å². The molecule has 4 rings (SSSR count). The van der Waals surface area contributed by atoms with Gasteiger partial charge in [-0.05, 0) is 102 Å². The largest absolute Gasteiger partial charge is 0.490 e. The Morgan fingerprint density at radius 2 is 1.18 bits per heavy atom. The van der Waals surface area contributed by atoms with Gasteiger partial charge in [0.2, 0.25) is 0 Å². The highest BCUT2D eigenvalue weighted by molar-refractivity contribution is 5.87. The molecule has 0 aliphatic rings. The first-order chi connectivity index (χ1) is 27.0. The monoisotopic (exact) mass is 776 g/mol. The number of aliphatic hydroxyl groups excluding tert-OH is 2. The van der Waals surface area contributed by atoms with Crippen molar-refractivity contribution in [3.05, 3.63) is 120 Å². The summed E-state index contributed by atoms with van der Waals surface area (Å²) in [5, 5.41) is 18.0. The number of hydrogen-bond acceptors (Lipinski definition) is 8. The maximum Gasteiger partial charge on any atom is 0.389 e. The molecule has 0 aliphatic carbocycles. The Morgan fingerprint density at radius 1 is 0.643 bits per heavy atom. The van der Waals surface area contributed by atoms with E-state index in [-0.39, 0.29) is 45.0 Å². The van der Waals surface area contributed by atoms with Crippen LogP contribution in [0.5, 0.6) is 11.5 Å². The highest BCUT2D eigenvalue weighted by Crippen LogP contribution is 2.29. The molecule has 0 fully saturated rings. The van der Waals surface area contributed by atoms with E-state index in [1.54, 1.807) is 6.92 Å². The summed E-state index contributed by atoms with van der Waals surface area (Å²) >= 11 is 0. The Morgan fingerprint density at radius 3 is 1.75 bits per heavy atom. The van der Waals surface area contributed by atoms with Crippen LogP contribution in [0.25, 0.3) is 22.3 Å². The number of hydrogen-bond donors (Lipinski definition) is 2. The first-order valence-corrected chi connectivity index (χ1v) is 18.9. The lowest BCUT2D eigenvalue weighted by Crippen LogP contribution is -2.20. The number of aryl methyl sites for hydroxylation is 3. The van der Waals surface area contributed by atoms with Gasteiger partial charge in [-0.2, -0.15) is 13.2 Å². The van der Waals surface area contributed by atoms with Gasteiger partial charge in [-0.3, -0.25) is 4.79 Å². The molecular weight excluding hydrogens is 725 g/mol. The second-order valence-electron chi connectivity index (χ2n) is 13.6. The Balaban J connectivity index is 1.34. The predicted molar refractivity (Wildman–Crippen MR) is 209 cm³/mol. The van der Waals surface area contributed by atoms with E-state index in [0.717, 1.165) is 54.4 Å². The molecule has 0 heterocycles. The van der Waals surface area contributed by atoms with Crippen LogP contribution in [-0.4, -0.2) is 68.0 Å². The predicted octanol–water partition coefficient (Wildman–Crippen LogP) is 8.88. The molecule has 0 bridgehead atoms. The molecule has 0 spiro atoms. The second kappa shape index (κ2) is 22.4. The van der Waals surface area contributed by atoms with E-state index >= 15 is 0 Å². The molecule has 4 aromatic carbocycles. The van der Waals surface area contributed by atoms with Crippen molar-refractivity contribution in [2.24, 2.45) is 5.92 Å². The molecule has 300 valence electrons. The second-order valence-corrected chi connectivity index (χ2v) is 13.6. The van der Waals surface area contributed by atoms with Crippen molar-refractivity contribution >= 4 is 11.9 Å². The van der Waals surface area contributed by atoms with E-state index in [9.17, 15) is 22.8 Å². The molecule has 0 radical (unpaired) electrons. The van der Waals surface area contributed by atoms with E-state index < -0.39 is 37.1 Å². The van der Waals surface area contributed by atoms with Gasteiger partial charge in [0.1, 0.15) is 37.9 Å². The lowest BCUT2D eigenvalue weighted by atomic mass is 9.92. The Kier molecular flexibility index (Phi) is 17.5. The zero-order valence-electron chi connectivity index (χ0n) is 31.8. The molecule has 0 saturated carbocycles. The molecule has 0 aliphatic heterocycles. The minimum atomic E-state index is -4.12. The molecule has 0 saturated heterocycles. The van der Waals surface area contributed by atoms with Crippen LogP contribution < -0.4 is 9.47 Å². The highest BCUT2D eigenvalue weighted by atomic mass is 19.4. The van der Waals surface area contributed by atoms with Gasteiger partial charge in [0.15, 0.2) is 0 Å². The smallest absolute Gasteiger partial charge is 0.389 e. The quantitative estimate of drug-likeness (QED) is 0.0437. The van der Waals surface area contributed by atoms with Gasteiger partial charge in [0, 0.05) is 6.42 Å². The number of esters is 2. The molecule has 11 heteroatoms. The van der Waals surface area contributed by atoms with Crippen LogP contribution in [0.1, 0.15) is 55.7 Å². The van der Waals surface area contributed by atoms with Crippen LogP contribution in [0.3, 0.4) is 0 Å². The van der Waals surface area contributed by atoms with Crippen molar-refractivity contribution in [3.63, 3.8) is 0 Å². The van der Waals surface area contributed by atoms with Crippen LogP contribution in [0.2, 0.25) is 0 Å². The van der Waals surface area contributed by atoms with Gasteiger partial charge in [0.05, 0.1) is 24.7 Å². The molecule has 1 atom stereocenters.